The summed E-state index contributed by atoms with van der Waals surface area (Å²) >= 11 is 0. The van der Waals surface area contributed by atoms with Crippen LogP contribution in [0.25, 0.3) is 0 Å². The Kier molecular flexibility index (Phi) is 7.41. The average molecular weight is 294 g/mol. The van der Waals surface area contributed by atoms with E-state index in [1.54, 1.807) is 20.8 Å². The molecule has 20 heavy (non-hydrogen) atoms. The Morgan fingerprint density at radius 2 is 1.70 bits per heavy atom. The van der Waals surface area contributed by atoms with Crippen LogP contribution in [0.5, 0.6) is 0 Å². The zero-order chi connectivity index (χ0) is 16.0. The van der Waals surface area contributed by atoms with Crippen molar-refractivity contribution in [2.24, 2.45) is 5.92 Å². The molecule has 4 nitrogen and oxygen atoms in total. The molecule has 0 aliphatic carbocycles. The van der Waals surface area contributed by atoms with E-state index in [9.17, 15) is 13.6 Å². The molecule has 0 spiro atoms. The second-order valence-electron chi connectivity index (χ2n) is 6.62. The molecule has 0 saturated heterocycles. The number of nitrogens with one attached hydrogen (secondary N) is 2. The lowest BCUT2D eigenvalue weighted by molar-refractivity contribution is -0.00559. The summed E-state index contributed by atoms with van der Waals surface area (Å²) in [5.74, 6) is -2.55. The van der Waals surface area contributed by atoms with Crippen LogP contribution in [0.4, 0.5) is 13.6 Å². The van der Waals surface area contributed by atoms with Crippen LogP contribution in [0, 0.1) is 5.92 Å². The molecule has 120 valence electrons. The van der Waals surface area contributed by atoms with Crippen molar-refractivity contribution in [2.45, 2.75) is 65.5 Å². The first kappa shape index (κ1) is 19.1. The van der Waals surface area contributed by atoms with Gasteiger partial charge in [0.05, 0.1) is 13.1 Å². The number of rotatable bonds is 7. The van der Waals surface area contributed by atoms with Gasteiger partial charge in [-0.05, 0) is 40.0 Å². The summed E-state index contributed by atoms with van der Waals surface area (Å²) in [6.45, 7) is 9.80. The highest BCUT2D eigenvalue weighted by molar-refractivity contribution is 5.67. The molecular weight excluding hydrogens is 266 g/mol. The first-order chi connectivity index (χ1) is 8.91. The van der Waals surface area contributed by atoms with Crippen molar-refractivity contribution in [1.29, 1.82) is 0 Å². The molecular formula is C14H28F2N2O2. The number of alkyl halides is 2. The van der Waals surface area contributed by atoms with E-state index < -0.39 is 30.7 Å². The molecule has 0 aromatic rings. The third-order valence-electron chi connectivity index (χ3n) is 2.42. The van der Waals surface area contributed by atoms with Gasteiger partial charge in [-0.2, -0.15) is 0 Å². The molecule has 0 aromatic heterocycles. The summed E-state index contributed by atoms with van der Waals surface area (Å²) in [5, 5.41) is 4.88. The number of alkyl carbamates (subject to hydrolysis) is 1. The maximum Gasteiger partial charge on any atom is 0.407 e. The van der Waals surface area contributed by atoms with Crippen LogP contribution in [0.15, 0.2) is 0 Å². The van der Waals surface area contributed by atoms with Crippen LogP contribution in [-0.2, 0) is 4.74 Å². The summed E-state index contributed by atoms with van der Waals surface area (Å²) in [4.78, 5) is 11.3. The quantitative estimate of drug-likeness (QED) is 0.758. The molecule has 0 aromatic carbocycles. The Bertz CT molecular complexity index is 302. The Labute approximate surface area is 120 Å². The van der Waals surface area contributed by atoms with E-state index in [-0.39, 0.29) is 6.04 Å². The van der Waals surface area contributed by atoms with E-state index >= 15 is 0 Å². The molecule has 0 heterocycles. The van der Waals surface area contributed by atoms with Gasteiger partial charge in [-0.15, -0.1) is 0 Å². The standard InChI is InChI=1S/C14H28F2N2O2/c1-10(2)7-11(3)17-8-14(15,16)9-18-12(19)20-13(4,5)6/h10-11,17H,7-9H2,1-6H3,(H,18,19). The van der Waals surface area contributed by atoms with Gasteiger partial charge in [-0.3, -0.25) is 0 Å². The zero-order valence-corrected chi connectivity index (χ0v) is 13.3. The Morgan fingerprint density at radius 1 is 1.15 bits per heavy atom. The molecule has 1 atom stereocenters. The molecule has 2 N–H and O–H groups in total. The number of hydrogen-bond donors (Lipinski definition) is 2. The van der Waals surface area contributed by atoms with Crippen LogP contribution < -0.4 is 10.6 Å². The van der Waals surface area contributed by atoms with Crippen molar-refractivity contribution in [2.75, 3.05) is 13.1 Å². The van der Waals surface area contributed by atoms with Crippen molar-refractivity contribution < 1.29 is 18.3 Å². The molecule has 0 saturated carbocycles. The smallest absolute Gasteiger partial charge is 0.407 e. The summed E-state index contributed by atoms with van der Waals surface area (Å²) in [6.07, 6.45) is 0.00246. The van der Waals surface area contributed by atoms with Crippen molar-refractivity contribution in [1.82, 2.24) is 10.6 Å². The maximum atomic E-state index is 13.6. The lowest BCUT2D eigenvalue weighted by atomic mass is 10.1. The minimum absolute atomic E-state index is 0.0161. The van der Waals surface area contributed by atoms with E-state index in [1.807, 2.05) is 20.8 Å². The fourth-order valence-electron chi connectivity index (χ4n) is 1.69. The first-order valence-corrected chi connectivity index (χ1v) is 6.99. The van der Waals surface area contributed by atoms with E-state index in [1.165, 1.54) is 0 Å². The highest BCUT2D eigenvalue weighted by Crippen LogP contribution is 2.13. The lowest BCUT2D eigenvalue weighted by Crippen LogP contribution is -2.46. The van der Waals surface area contributed by atoms with E-state index in [0.29, 0.717) is 5.92 Å². The molecule has 0 aliphatic heterocycles. The zero-order valence-electron chi connectivity index (χ0n) is 13.3. The number of carbonyl (C=O) groups is 1. The fraction of sp³-hybridized carbons (Fsp3) is 0.929. The van der Waals surface area contributed by atoms with Gasteiger partial charge >= 0.3 is 6.09 Å². The Hall–Kier alpha value is -0.910. The first-order valence-electron chi connectivity index (χ1n) is 6.99. The number of ether oxygens (including phenoxy) is 1. The van der Waals surface area contributed by atoms with Crippen molar-refractivity contribution >= 4 is 6.09 Å². The second kappa shape index (κ2) is 7.76. The van der Waals surface area contributed by atoms with Gasteiger partial charge < -0.3 is 15.4 Å². The highest BCUT2D eigenvalue weighted by Gasteiger charge is 2.30. The molecule has 1 unspecified atom stereocenters. The topological polar surface area (TPSA) is 50.4 Å². The lowest BCUT2D eigenvalue weighted by Gasteiger charge is -2.23. The van der Waals surface area contributed by atoms with E-state index in [2.05, 4.69) is 10.6 Å². The SMILES string of the molecule is CC(C)CC(C)NCC(F)(F)CNC(=O)OC(C)(C)C. The minimum atomic E-state index is -3.00. The van der Waals surface area contributed by atoms with E-state index in [0.717, 1.165) is 6.42 Å². The van der Waals surface area contributed by atoms with Crippen molar-refractivity contribution in [3.8, 4) is 0 Å². The van der Waals surface area contributed by atoms with Crippen LogP contribution in [0.2, 0.25) is 0 Å². The van der Waals surface area contributed by atoms with Crippen LogP contribution >= 0.6 is 0 Å². The third kappa shape index (κ3) is 11.0. The summed E-state index contributed by atoms with van der Waals surface area (Å²) < 4.78 is 32.1. The maximum absolute atomic E-state index is 13.6. The average Bonchev–Trinajstić information content (AvgIpc) is 2.21. The molecule has 0 rings (SSSR count). The minimum Gasteiger partial charge on any atom is -0.444 e. The largest absolute Gasteiger partial charge is 0.444 e. The van der Waals surface area contributed by atoms with Crippen molar-refractivity contribution in [3.63, 3.8) is 0 Å². The predicted molar refractivity (Wildman–Crippen MR) is 76.1 cm³/mol. The third-order valence-corrected chi connectivity index (χ3v) is 2.42. The van der Waals surface area contributed by atoms with Gasteiger partial charge in [-0.25, -0.2) is 13.6 Å². The number of hydrogen-bond acceptors (Lipinski definition) is 3. The van der Waals surface area contributed by atoms with Crippen LogP contribution in [0.1, 0.15) is 48.0 Å². The highest BCUT2D eigenvalue weighted by atomic mass is 19.3. The normalized spacial score (nSPS) is 14.2. The Morgan fingerprint density at radius 3 is 2.15 bits per heavy atom. The second-order valence-corrected chi connectivity index (χ2v) is 6.62. The van der Waals surface area contributed by atoms with Crippen molar-refractivity contribution in [3.05, 3.63) is 0 Å². The summed E-state index contributed by atoms with van der Waals surface area (Å²) in [5.41, 5.74) is -0.691. The van der Waals surface area contributed by atoms with Crippen LogP contribution in [-0.4, -0.2) is 36.7 Å². The fourth-order valence-corrected chi connectivity index (χ4v) is 1.69. The number of halogens is 2. The van der Waals surface area contributed by atoms with Gasteiger partial charge in [0.15, 0.2) is 0 Å². The van der Waals surface area contributed by atoms with E-state index in [4.69, 9.17) is 4.74 Å². The van der Waals surface area contributed by atoms with Gasteiger partial charge in [-0.1, -0.05) is 13.8 Å². The molecule has 0 bridgehead atoms. The summed E-state index contributed by atoms with van der Waals surface area (Å²) in [6, 6.07) is 0.0161. The molecule has 1 amide bonds. The number of amides is 1. The monoisotopic (exact) mass is 294 g/mol. The predicted octanol–water partition coefficient (Wildman–Crippen LogP) is 3.17. The number of carbonyl (C=O) groups excluding carboxylic acids is 1. The van der Waals surface area contributed by atoms with Gasteiger partial charge in [0.1, 0.15) is 5.60 Å². The Balaban J connectivity index is 4.04. The summed E-state index contributed by atoms with van der Waals surface area (Å²) in [7, 11) is 0. The van der Waals surface area contributed by atoms with Crippen LogP contribution in [0.3, 0.4) is 0 Å². The van der Waals surface area contributed by atoms with Gasteiger partial charge in [0.25, 0.3) is 5.92 Å². The van der Waals surface area contributed by atoms with Gasteiger partial charge in [0, 0.05) is 6.04 Å². The molecule has 6 heteroatoms. The molecule has 0 radical (unpaired) electrons. The van der Waals surface area contributed by atoms with Gasteiger partial charge in [0.2, 0.25) is 0 Å². The molecule has 0 fully saturated rings. The molecule has 0 aliphatic rings.